The van der Waals surface area contributed by atoms with Gasteiger partial charge in [0.25, 0.3) is 0 Å². The van der Waals surface area contributed by atoms with Gasteiger partial charge in [0.1, 0.15) is 23.7 Å². The summed E-state index contributed by atoms with van der Waals surface area (Å²) in [5.41, 5.74) is 8.26. The van der Waals surface area contributed by atoms with Crippen molar-refractivity contribution in [3.05, 3.63) is 108 Å². The lowest BCUT2D eigenvalue weighted by Crippen LogP contribution is -1.96. The van der Waals surface area contributed by atoms with Crippen LogP contribution in [0, 0.1) is 12.7 Å². The van der Waals surface area contributed by atoms with Crippen LogP contribution in [0.3, 0.4) is 0 Å². The molecule has 0 atom stereocenters. The second kappa shape index (κ2) is 9.70. The lowest BCUT2D eigenvalue weighted by molar-refractivity contribution is 0.305. The maximum atomic E-state index is 14.2. The highest BCUT2D eigenvalue weighted by Crippen LogP contribution is 2.32. The Morgan fingerprint density at radius 1 is 0.800 bits per heavy atom. The van der Waals surface area contributed by atoms with E-state index in [9.17, 15) is 4.39 Å². The fourth-order valence-electron chi connectivity index (χ4n) is 4.75. The van der Waals surface area contributed by atoms with Crippen molar-refractivity contribution in [1.82, 2.24) is 35.1 Å². The van der Waals surface area contributed by atoms with E-state index in [4.69, 9.17) is 14.7 Å². The lowest BCUT2D eigenvalue weighted by Gasteiger charge is -2.08. The minimum absolute atomic E-state index is 0.304. The molecule has 0 aliphatic carbocycles. The number of pyridine rings is 3. The summed E-state index contributed by atoms with van der Waals surface area (Å²) in [6, 6.07) is 20.6. The molecule has 0 bridgehead atoms. The highest BCUT2D eigenvalue weighted by Gasteiger charge is 2.18. The summed E-state index contributed by atoms with van der Waals surface area (Å²) in [7, 11) is 0. The molecule has 0 aliphatic heterocycles. The van der Waals surface area contributed by atoms with E-state index in [0.29, 0.717) is 46.0 Å². The number of benzene rings is 2. The van der Waals surface area contributed by atoms with Gasteiger partial charge in [-0.3, -0.25) is 15.1 Å². The second-order valence-electron chi connectivity index (χ2n) is 9.53. The zero-order chi connectivity index (χ0) is 27.1. The van der Waals surface area contributed by atoms with Gasteiger partial charge in [-0.15, -0.1) is 0 Å². The molecule has 40 heavy (non-hydrogen) atoms. The molecule has 2 aromatic carbocycles. The summed E-state index contributed by atoms with van der Waals surface area (Å²) >= 11 is 0. The van der Waals surface area contributed by atoms with Crippen LogP contribution in [-0.2, 0) is 6.61 Å². The predicted molar refractivity (Wildman–Crippen MR) is 151 cm³/mol. The van der Waals surface area contributed by atoms with Crippen molar-refractivity contribution in [2.75, 3.05) is 0 Å². The van der Waals surface area contributed by atoms with Crippen molar-refractivity contribution < 1.29 is 9.13 Å². The fraction of sp³-hybridized carbons (Fsp3) is 0.0645. The van der Waals surface area contributed by atoms with Gasteiger partial charge < -0.3 is 9.72 Å². The highest BCUT2D eigenvalue weighted by atomic mass is 19.1. The summed E-state index contributed by atoms with van der Waals surface area (Å²) in [6.07, 6.45) is 6.83. The minimum atomic E-state index is -0.304. The molecule has 8 nitrogen and oxygen atoms in total. The number of rotatable bonds is 6. The second-order valence-corrected chi connectivity index (χ2v) is 9.53. The Bertz CT molecular complexity index is 1980. The summed E-state index contributed by atoms with van der Waals surface area (Å²) in [4.78, 5) is 21.8. The van der Waals surface area contributed by atoms with Gasteiger partial charge in [0.05, 0.1) is 34.6 Å². The van der Waals surface area contributed by atoms with Crippen molar-refractivity contribution in [2.45, 2.75) is 13.5 Å². The Balaban J connectivity index is 1.25. The van der Waals surface area contributed by atoms with Crippen LogP contribution in [0.1, 0.15) is 11.1 Å². The normalized spacial score (nSPS) is 11.3. The minimum Gasteiger partial charge on any atom is -0.487 e. The van der Waals surface area contributed by atoms with Crippen LogP contribution in [-0.4, -0.2) is 35.1 Å². The first-order valence-electron chi connectivity index (χ1n) is 12.7. The van der Waals surface area contributed by atoms with E-state index in [-0.39, 0.29) is 5.82 Å². The maximum absolute atomic E-state index is 14.2. The number of nitrogens with zero attached hydrogens (tertiary/aromatic N) is 5. The largest absolute Gasteiger partial charge is 0.487 e. The molecule has 0 saturated carbocycles. The van der Waals surface area contributed by atoms with Crippen LogP contribution >= 0.6 is 0 Å². The van der Waals surface area contributed by atoms with Gasteiger partial charge in [-0.2, -0.15) is 5.10 Å². The van der Waals surface area contributed by atoms with Crippen molar-refractivity contribution in [1.29, 1.82) is 0 Å². The fourth-order valence-corrected chi connectivity index (χ4v) is 4.75. The molecular weight excluding hydrogens is 505 g/mol. The molecule has 5 aromatic heterocycles. The lowest BCUT2D eigenvalue weighted by atomic mass is 10.0. The molecule has 5 heterocycles. The Morgan fingerprint density at radius 2 is 1.68 bits per heavy atom. The van der Waals surface area contributed by atoms with Gasteiger partial charge in [-0.1, -0.05) is 36.4 Å². The summed E-state index contributed by atoms with van der Waals surface area (Å²) in [5, 5.41) is 7.55. The van der Waals surface area contributed by atoms with E-state index in [1.165, 1.54) is 12.1 Å². The molecule has 0 fully saturated rings. The van der Waals surface area contributed by atoms with E-state index in [1.807, 2.05) is 61.5 Å². The first kappa shape index (κ1) is 23.7. The third-order valence-electron chi connectivity index (χ3n) is 6.64. The quantitative estimate of drug-likeness (QED) is 0.251. The number of aryl methyl sites for hydroxylation is 1. The van der Waals surface area contributed by atoms with Crippen molar-refractivity contribution >= 4 is 22.1 Å². The molecule has 0 radical (unpaired) electrons. The van der Waals surface area contributed by atoms with Crippen molar-refractivity contribution in [3.8, 4) is 39.7 Å². The van der Waals surface area contributed by atoms with E-state index >= 15 is 0 Å². The van der Waals surface area contributed by atoms with E-state index in [1.54, 1.807) is 24.8 Å². The van der Waals surface area contributed by atoms with Gasteiger partial charge in [-0.25, -0.2) is 14.4 Å². The Morgan fingerprint density at radius 3 is 2.55 bits per heavy atom. The number of aromatic nitrogens is 7. The predicted octanol–water partition coefficient (Wildman–Crippen LogP) is 6.65. The van der Waals surface area contributed by atoms with E-state index in [2.05, 4.69) is 25.1 Å². The first-order valence-corrected chi connectivity index (χ1v) is 12.7. The van der Waals surface area contributed by atoms with Crippen LogP contribution < -0.4 is 4.74 Å². The summed E-state index contributed by atoms with van der Waals surface area (Å²) in [5.74, 6) is 0.883. The van der Waals surface area contributed by atoms with E-state index < -0.39 is 0 Å². The average molecular weight is 528 g/mol. The number of hydrogen-bond donors (Lipinski definition) is 2. The number of imidazole rings is 1. The van der Waals surface area contributed by atoms with Crippen molar-refractivity contribution in [2.24, 2.45) is 0 Å². The Kier molecular flexibility index (Phi) is 5.74. The third-order valence-corrected chi connectivity index (χ3v) is 6.64. The topological polar surface area (TPSA) is 105 Å². The summed E-state index contributed by atoms with van der Waals surface area (Å²) < 4.78 is 20.1. The Labute approximate surface area is 228 Å². The van der Waals surface area contributed by atoms with Gasteiger partial charge in [0, 0.05) is 23.5 Å². The molecule has 9 heteroatoms. The smallest absolute Gasteiger partial charge is 0.161 e. The van der Waals surface area contributed by atoms with Crippen LogP contribution in [0.15, 0.2) is 91.5 Å². The zero-order valence-corrected chi connectivity index (χ0v) is 21.4. The number of ether oxygens (including phenoxy) is 1. The number of nitrogens with one attached hydrogen (secondary N) is 2. The molecule has 0 unspecified atom stereocenters. The van der Waals surface area contributed by atoms with Crippen LogP contribution in [0.25, 0.3) is 56.0 Å². The van der Waals surface area contributed by atoms with E-state index in [0.717, 1.165) is 33.5 Å². The third kappa shape index (κ3) is 4.43. The zero-order valence-electron chi connectivity index (χ0n) is 21.4. The molecule has 194 valence electrons. The average Bonchev–Trinajstić information content (AvgIpc) is 3.60. The SMILES string of the molecule is Cc1cc(F)cc(-c2cncc3[nH]c(-c4n[nH]c5ccc(-c6cncc(OCc7ccccc7)c6)nc45)nc23)c1. The molecule has 0 saturated heterocycles. The molecule has 0 spiro atoms. The number of halogens is 1. The van der Waals surface area contributed by atoms with Crippen LogP contribution in [0.4, 0.5) is 4.39 Å². The number of H-pyrrole nitrogens is 2. The molecule has 0 aliphatic rings. The summed E-state index contributed by atoms with van der Waals surface area (Å²) in [6.45, 7) is 2.30. The standard InChI is InChI=1S/C31H22FN7O/c1-18-9-20(11-22(32)10-18)24-15-34-16-27-28(24)37-31(36-27)30-29-26(38-39-30)8-7-25(35-29)21-12-23(14-33-13-21)40-17-19-5-3-2-4-6-19/h2-16H,17H2,1H3,(H,36,37)(H,38,39). The maximum Gasteiger partial charge on any atom is 0.161 e. The molecule has 7 rings (SSSR count). The molecule has 7 aromatic rings. The van der Waals surface area contributed by atoms with Crippen LogP contribution in [0.5, 0.6) is 5.75 Å². The number of aromatic amines is 2. The van der Waals surface area contributed by atoms with Gasteiger partial charge in [-0.05, 0) is 53.9 Å². The monoisotopic (exact) mass is 527 g/mol. The van der Waals surface area contributed by atoms with Gasteiger partial charge in [0.2, 0.25) is 0 Å². The van der Waals surface area contributed by atoms with Gasteiger partial charge >= 0.3 is 0 Å². The highest BCUT2D eigenvalue weighted by molar-refractivity contribution is 5.95. The van der Waals surface area contributed by atoms with Crippen molar-refractivity contribution in [3.63, 3.8) is 0 Å². The molecule has 2 N–H and O–H groups in total. The molecular formula is C31H22FN7O. The first-order chi connectivity index (χ1) is 19.6. The molecule has 0 amide bonds. The number of hydrogen-bond acceptors (Lipinski definition) is 6. The Hall–Kier alpha value is -5.44. The van der Waals surface area contributed by atoms with Gasteiger partial charge in [0.15, 0.2) is 11.5 Å². The number of fused-ring (bicyclic) bond motifs is 2. The van der Waals surface area contributed by atoms with Crippen LogP contribution in [0.2, 0.25) is 0 Å².